The van der Waals surface area contributed by atoms with Crippen LogP contribution >= 0.6 is 0 Å². The molecule has 2 unspecified atom stereocenters. The van der Waals surface area contributed by atoms with Crippen molar-refractivity contribution in [2.45, 2.75) is 25.6 Å². The Hall–Kier alpha value is -0.970. The van der Waals surface area contributed by atoms with E-state index in [-0.39, 0.29) is 11.9 Å². The van der Waals surface area contributed by atoms with Crippen LogP contribution in [-0.4, -0.2) is 41.4 Å². The first-order valence-electron chi connectivity index (χ1n) is 5.79. The first kappa shape index (κ1) is 14.1. The number of likely N-dealkylation sites (N-methyl/N-ethyl adjacent to an activating group) is 1. The van der Waals surface area contributed by atoms with Gasteiger partial charge in [-0.05, 0) is 26.5 Å². The van der Waals surface area contributed by atoms with Gasteiger partial charge in [0.15, 0.2) is 0 Å². The van der Waals surface area contributed by atoms with Crippen LogP contribution in [0.25, 0.3) is 0 Å². The molecule has 4 heteroatoms. The minimum atomic E-state index is -0.838. The van der Waals surface area contributed by atoms with Gasteiger partial charge in [0.05, 0.1) is 12.2 Å². The van der Waals surface area contributed by atoms with E-state index in [9.17, 15) is 9.50 Å². The summed E-state index contributed by atoms with van der Waals surface area (Å²) in [6, 6.07) is 6.23. The lowest BCUT2D eigenvalue weighted by Gasteiger charge is -2.21. The van der Waals surface area contributed by atoms with Crippen molar-refractivity contribution >= 4 is 0 Å². The molecule has 2 N–H and O–H groups in total. The van der Waals surface area contributed by atoms with E-state index in [4.69, 9.17) is 5.11 Å². The Labute approximate surface area is 101 Å². The molecule has 0 bridgehead atoms. The zero-order valence-electron chi connectivity index (χ0n) is 10.3. The van der Waals surface area contributed by atoms with E-state index in [2.05, 4.69) is 0 Å². The van der Waals surface area contributed by atoms with Crippen molar-refractivity contribution < 1.29 is 14.6 Å². The largest absolute Gasteiger partial charge is 0.393 e. The summed E-state index contributed by atoms with van der Waals surface area (Å²) in [6.07, 6.45) is -0.557. The zero-order chi connectivity index (χ0) is 12.8. The molecule has 0 aliphatic heterocycles. The van der Waals surface area contributed by atoms with Crippen molar-refractivity contribution in [1.29, 1.82) is 0 Å². The average molecular weight is 241 g/mol. The van der Waals surface area contributed by atoms with E-state index in [0.717, 1.165) is 0 Å². The summed E-state index contributed by atoms with van der Waals surface area (Å²) < 4.78 is 13.4. The molecule has 0 saturated heterocycles. The number of hydrogen-bond acceptors (Lipinski definition) is 3. The fourth-order valence-corrected chi connectivity index (χ4v) is 1.64. The monoisotopic (exact) mass is 241 g/mol. The predicted octanol–water partition coefficient (Wildman–Crippen LogP) is 1.56. The van der Waals surface area contributed by atoms with Gasteiger partial charge in [0.1, 0.15) is 5.82 Å². The number of aliphatic hydroxyl groups excluding tert-OH is 2. The van der Waals surface area contributed by atoms with E-state index < -0.39 is 6.10 Å². The lowest BCUT2D eigenvalue weighted by atomic mass is 10.1. The quantitative estimate of drug-likeness (QED) is 0.794. The maximum Gasteiger partial charge on any atom is 0.129 e. The number of benzene rings is 1. The van der Waals surface area contributed by atoms with Crippen LogP contribution in [-0.2, 0) is 0 Å². The molecule has 0 aliphatic carbocycles. The summed E-state index contributed by atoms with van der Waals surface area (Å²) in [4.78, 5) is 1.88. The Bertz CT molecular complexity index is 344. The number of hydrogen-bond donors (Lipinski definition) is 2. The Kier molecular flexibility index (Phi) is 5.55. The highest BCUT2D eigenvalue weighted by Gasteiger charge is 2.14. The van der Waals surface area contributed by atoms with Crippen LogP contribution in [0.2, 0.25) is 0 Å². The molecule has 17 heavy (non-hydrogen) atoms. The van der Waals surface area contributed by atoms with Crippen molar-refractivity contribution in [3.63, 3.8) is 0 Å². The third-order valence-electron chi connectivity index (χ3n) is 2.68. The number of aliphatic hydroxyl groups is 2. The summed E-state index contributed by atoms with van der Waals surface area (Å²) in [7, 11) is 1.84. The van der Waals surface area contributed by atoms with Gasteiger partial charge in [0, 0.05) is 18.7 Å². The van der Waals surface area contributed by atoms with Gasteiger partial charge >= 0.3 is 0 Å². The Morgan fingerprint density at radius 3 is 2.53 bits per heavy atom. The summed E-state index contributed by atoms with van der Waals surface area (Å²) >= 11 is 0. The third kappa shape index (κ3) is 4.81. The van der Waals surface area contributed by atoms with Crippen LogP contribution in [0, 0.1) is 5.82 Å². The second-order valence-electron chi connectivity index (χ2n) is 4.44. The van der Waals surface area contributed by atoms with Gasteiger partial charge in [-0.2, -0.15) is 0 Å². The fourth-order valence-electron chi connectivity index (χ4n) is 1.64. The van der Waals surface area contributed by atoms with Gasteiger partial charge in [-0.15, -0.1) is 0 Å². The van der Waals surface area contributed by atoms with Crippen LogP contribution in [0.15, 0.2) is 24.3 Å². The van der Waals surface area contributed by atoms with Crippen molar-refractivity contribution in [2.75, 3.05) is 20.1 Å². The van der Waals surface area contributed by atoms with E-state index >= 15 is 0 Å². The standard InChI is InChI=1S/C13H20FNO2/c1-10(16)7-8-15(2)9-13(17)11-5-3-4-6-12(11)14/h3-6,10,13,16-17H,7-9H2,1-2H3. The van der Waals surface area contributed by atoms with Crippen LogP contribution in [0.4, 0.5) is 4.39 Å². The van der Waals surface area contributed by atoms with Gasteiger partial charge in [-0.3, -0.25) is 0 Å². The number of nitrogens with zero attached hydrogens (tertiary/aromatic N) is 1. The molecule has 1 aromatic carbocycles. The minimum Gasteiger partial charge on any atom is -0.393 e. The van der Waals surface area contributed by atoms with E-state index in [1.54, 1.807) is 25.1 Å². The van der Waals surface area contributed by atoms with Crippen molar-refractivity contribution in [3.8, 4) is 0 Å². The van der Waals surface area contributed by atoms with Crippen LogP contribution in [0.1, 0.15) is 25.0 Å². The van der Waals surface area contributed by atoms with Crippen LogP contribution < -0.4 is 0 Å². The predicted molar refractivity (Wildman–Crippen MR) is 65.2 cm³/mol. The maximum absolute atomic E-state index is 13.4. The van der Waals surface area contributed by atoms with Crippen molar-refractivity contribution in [1.82, 2.24) is 4.90 Å². The smallest absolute Gasteiger partial charge is 0.129 e. The lowest BCUT2D eigenvalue weighted by Crippen LogP contribution is -2.27. The average Bonchev–Trinajstić information content (AvgIpc) is 2.26. The van der Waals surface area contributed by atoms with E-state index in [0.29, 0.717) is 25.1 Å². The molecule has 0 radical (unpaired) electrons. The topological polar surface area (TPSA) is 43.7 Å². The van der Waals surface area contributed by atoms with Gasteiger partial charge in [0.25, 0.3) is 0 Å². The molecule has 3 nitrogen and oxygen atoms in total. The molecule has 0 fully saturated rings. The van der Waals surface area contributed by atoms with Gasteiger partial charge in [0.2, 0.25) is 0 Å². The molecule has 0 heterocycles. The van der Waals surface area contributed by atoms with Gasteiger partial charge < -0.3 is 15.1 Å². The molecule has 0 aromatic heterocycles. The summed E-state index contributed by atoms with van der Waals surface area (Å²) in [5, 5.41) is 19.0. The third-order valence-corrected chi connectivity index (χ3v) is 2.68. The molecule has 0 aliphatic rings. The Morgan fingerprint density at radius 2 is 1.94 bits per heavy atom. The summed E-state index contributed by atoms with van der Waals surface area (Å²) in [6.45, 7) is 2.75. The van der Waals surface area contributed by atoms with E-state index in [1.807, 2.05) is 11.9 Å². The van der Waals surface area contributed by atoms with E-state index in [1.165, 1.54) is 6.07 Å². The molecule has 1 rings (SSSR count). The van der Waals surface area contributed by atoms with Crippen molar-refractivity contribution in [2.24, 2.45) is 0 Å². The Morgan fingerprint density at radius 1 is 1.29 bits per heavy atom. The highest BCUT2D eigenvalue weighted by molar-refractivity contribution is 5.19. The molecule has 0 saturated carbocycles. The van der Waals surface area contributed by atoms with Crippen LogP contribution in [0.3, 0.4) is 0 Å². The fraction of sp³-hybridized carbons (Fsp3) is 0.538. The molecule has 0 spiro atoms. The highest BCUT2D eigenvalue weighted by atomic mass is 19.1. The zero-order valence-corrected chi connectivity index (χ0v) is 10.3. The minimum absolute atomic E-state index is 0.316. The SMILES string of the molecule is CC(O)CCN(C)CC(O)c1ccccc1F. The second kappa shape index (κ2) is 6.69. The maximum atomic E-state index is 13.4. The summed E-state index contributed by atoms with van der Waals surface area (Å²) in [5.74, 6) is -0.385. The molecular weight excluding hydrogens is 221 g/mol. The molecular formula is C13H20FNO2. The molecule has 0 amide bonds. The van der Waals surface area contributed by atoms with Crippen molar-refractivity contribution in [3.05, 3.63) is 35.6 Å². The Balaban J connectivity index is 2.49. The van der Waals surface area contributed by atoms with Crippen LogP contribution in [0.5, 0.6) is 0 Å². The highest BCUT2D eigenvalue weighted by Crippen LogP contribution is 2.17. The lowest BCUT2D eigenvalue weighted by molar-refractivity contribution is 0.109. The first-order valence-corrected chi connectivity index (χ1v) is 5.79. The van der Waals surface area contributed by atoms with Gasteiger partial charge in [-0.25, -0.2) is 4.39 Å². The normalized spacial score (nSPS) is 14.9. The molecule has 2 atom stereocenters. The molecule has 96 valence electrons. The number of halogens is 1. The van der Waals surface area contributed by atoms with Gasteiger partial charge in [-0.1, -0.05) is 18.2 Å². The molecule has 1 aromatic rings. The number of rotatable bonds is 6. The summed E-state index contributed by atoms with van der Waals surface area (Å²) in [5.41, 5.74) is 0.316. The second-order valence-corrected chi connectivity index (χ2v) is 4.44. The first-order chi connectivity index (χ1) is 8.00.